The average Bonchev–Trinajstić information content (AvgIpc) is 3.20. The van der Waals surface area contributed by atoms with Crippen LogP contribution in [0.15, 0.2) is 65.7 Å². The number of nitrogens with one attached hydrogen (secondary N) is 2. The monoisotopic (exact) mass is 348 g/mol. The number of aromatic nitrogens is 1. The lowest BCUT2D eigenvalue weighted by atomic mass is 9.87. The number of carbonyl (C=O) groups is 2. The van der Waals surface area contributed by atoms with E-state index in [1.807, 2.05) is 60.8 Å². The number of H-pyrrole nitrogens is 1. The topological polar surface area (TPSA) is 62.0 Å². The number of allylic oxidation sites excluding steroid dienone is 1. The van der Waals surface area contributed by atoms with E-state index in [-0.39, 0.29) is 17.1 Å². The fourth-order valence-corrected chi connectivity index (χ4v) is 4.12. The molecule has 25 heavy (non-hydrogen) atoms. The van der Waals surface area contributed by atoms with Gasteiger partial charge in [-0.05, 0) is 29.0 Å². The fraction of sp³-hybridized carbons (Fsp3) is 0.100. The van der Waals surface area contributed by atoms with E-state index in [2.05, 4.69) is 17.2 Å². The number of benzene rings is 2. The molecule has 1 fully saturated rings. The first-order valence-electron chi connectivity index (χ1n) is 8.04. The highest BCUT2D eigenvalue weighted by molar-refractivity contribution is 8.18. The summed E-state index contributed by atoms with van der Waals surface area (Å²) in [5.41, 5.74) is 3.94. The second-order valence-electron chi connectivity index (χ2n) is 5.97. The van der Waals surface area contributed by atoms with Crippen LogP contribution in [0, 0.1) is 0 Å². The van der Waals surface area contributed by atoms with Crippen molar-refractivity contribution >= 4 is 39.4 Å². The highest BCUT2D eigenvalue weighted by Crippen LogP contribution is 2.42. The number of rotatable bonds is 3. The van der Waals surface area contributed by atoms with Crippen molar-refractivity contribution in [2.75, 3.05) is 0 Å². The van der Waals surface area contributed by atoms with Crippen LogP contribution in [0.1, 0.15) is 24.0 Å². The number of imide groups is 1. The Labute approximate surface area is 149 Å². The number of carbonyl (C=O) groups excluding carboxylic acids is 2. The summed E-state index contributed by atoms with van der Waals surface area (Å²) >= 11 is 0.978. The van der Waals surface area contributed by atoms with Crippen LogP contribution in [-0.2, 0) is 4.79 Å². The summed E-state index contributed by atoms with van der Waals surface area (Å²) in [4.78, 5) is 27.9. The molecule has 0 spiro atoms. The molecule has 1 aliphatic heterocycles. The van der Waals surface area contributed by atoms with E-state index < -0.39 is 0 Å². The van der Waals surface area contributed by atoms with Crippen LogP contribution in [-0.4, -0.2) is 16.1 Å². The number of hydrogen-bond acceptors (Lipinski definition) is 3. The minimum Gasteiger partial charge on any atom is -0.361 e. The number of fused-ring (bicyclic) bond motifs is 1. The molecular weight excluding hydrogens is 332 g/mol. The van der Waals surface area contributed by atoms with Crippen LogP contribution in [0.3, 0.4) is 0 Å². The van der Waals surface area contributed by atoms with Gasteiger partial charge >= 0.3 is 0 Å². The number of thioether (sulfide) groups is 1. The largest absolute Gasteiger partial charge is 0.361 e. The molecule has 0 aliphatic carbocycles. The van der Waals surface area contributed by atoms with Gasteiger partial charge in [-0.25, -0.2) is 0 Å². The van der Waals surface area contributed by atoms with Crippen molar-refractivity contribution in [2.45, 2.75) is 12.8 Å². The molecule has 4 nitrogen and oxygen atoms in total. The van der Waals surface area contributed by atoms with E-state index in [1.54, 1.807) is 0 Å². The van der Waals surface area contributed by atoms with Crippen molar-refractivity contribution in [3.63, 3.8) is 0 Å². The Morgan fingerprint density at radius 1 is 1.00 bits per heavy atom. The third-order valence-electron chi connectivity index (χ3n) is 4.47. The molecule has 1 aromatic heterocycles. The van der Waals surface area contributed by atoms with Gasteiger partial charge in [0.05, 0.1) is 4.91 Å². The second kappa shape index (κ2) is 6.26. The molecule has 1 unspecified atom stereocenters. The Bertz CT molecular complexity index is 1000. The van der Waals surface area contributed by atoms with Gasteiger partial charge in [-0.1, -0.05) is 55.5 Å². The molecule has 1 atom stereocenters. The molecule has 2 heterocycles. The first-order valence-corrected chi connectivity index (χ1v) is 8.85. The number of hydrogen-bond donors (Lipinski definition) is 2. The van der Waals surface area contributed by atoms with E-state index in [0.29, 0.717) is 4.91 Å². The van der Waals surface area contributed by atoms with Crippen molar-refractivity contribution in [3.05, 3.63) is 76.8 Å². The van der Waals surface area contributed by atoms with Gasteiger partial charge in [-0.2, -0.15) is 0 Å². The third kappa shape index (κ3) is 2.76. The van der Waals surface area contributed by atoms with Crippen LogP contribution in [0.5, 0.6) is 0 Å². The SMILES string of the molecule is CC(C(=C1SC(=O)NC1=O)c1c[nH]c2ccccc12)c1ccccc1. The molecule has 2 N–H and O–H groups in total. The van der Waals surface area contributed by atoms with Crippen LogP contribution in [0.4, 0.5) is 4.79 Å². The summed E-state index contributed by atoms with van der Waals surface area (Å²) in [6.07, 6.45) is 1.92. The molecule has 4 rings (SSSR count). The normalized spacial score (nSPS) is 17.6. The van der Waals surface area contributed by atoms with Gasteiger partial charge in [0.1, 0.15) is 0 Å². The van der Waals surface area contributed by atoms with Crippen molar-refractivity contribution in [3.8, 4) is 0 Å². The highest BCUT2D eigenvalue weighted by atomic mass is 32.2. The first kappa shape index (κ1) is 15.7. The van der Waals surface area contributed by atoms with Crippen LogP contribution >= 0.6 is 11.8 Å². The third-order valence-corrected chi connectivity index (χ3v) is 5.37. The number of aromatic amines is 1. The average molecular weight is 348 g/mol. The maximum absolute atomic E-state index is 12.4. The maximum atomic E-state index is 12.4. The minimum atomic E-state index is -0.322. The first-order chi connectivity index (χ1) is 12.1. The Kier molecular flexibility index (Phi) is 3.93. The predicted molar refractivity (Wildman–Crippen MR) is 101 cm³/mol. The molecule has 0 bridgehead atoms. The Hall–Kier alpha value is -2.79. The lowest BCUT2D eigenvalue weighted by Crippen LogP contribution is -2.19. The smallest absolute Gasteiger partial charge is 0.290 e. The molecule has 2 amide bonds. The second-order valence-corrected chi connectivity index (χ2v) is 6.95. The number of amides is 2. The zero-order valence-corrected chi connectivity index (χ0v) is 14.4. The molecule has 0 saturated carbocycles. The Morgan fingerprint density at radius 2 is 1.72 bits per heavy atom. The van der Waals surface area contributed by atoms with E-state index in [9.17, 15) is 9.59 Å². The Balaban J connectivity index is 1.95. The molecule has 124 valence electrons. The lowest BCUT2D eigenvalue weighted by Gasteiger charge is -2.18. The zero-order chi connectivity index (χ0) is 17.4. The fourth-order valence-electron chi connectivity index (χ4n) is 3.25. The molecule has 3 aromatic rings. The van der Waals surface area contributed by atoms with Gasteiger partial charge < -0.3 is 4.98 Å². The maximum Gasteiger partial charge on any atom is 0.290 e. The van der Waals surface area contributed by atoms with Crippen LogP contribution < -0.4 is 5.32 Å². The van der Waals surface area contributed by atoms with Crippen molar-refractivity contribution in [2.24, 2.45) is 0 Å². The van der Waals surface area contributed by atoms with Gasteiger partial charge in [0.2, 0.25) is 0 Å². The van der Waals surface area contributed by atoms with Gasteiger partial charge in [0, 0.05) is 28.6 Å². The van der Waals surface area contributed by atoms with Crippen LogP contribution in [0.25, 0.3) is 16.5 Å². The van der Waals surface area contributed by atoms with Crippen molar-refractivity contribution < 1.29 is 9.59 Å². The molecule has 5 heteroatoms. The van der Waals surface area contributed by atoms with Crippen LogP contribution in [0.2, 0.25) is 0 Å². The van der Waals surface area contributed by atoms with Crippen molar-refractivity contribution in [1.82, 2.24) is 10.3 Å². The number of para-hydroxylation sites is 1. The summed E-state index contributed by atoms with van der Waals surface area (Å²) in [5, 5.41) is 3.10. The molecule has 1 aliphatic rings. The van der Waals surface area contributed by atoms with E-state index >= 15 is 0 Å². The summed E-state index contributed by atoms with van der Waals surface area (Å²) < 4.78 is 0. The Morgan fingerprint density at radius 3 is 2.44 bits per heavy atom. The minimum absolute atomic E-state index is 0.0282. The van der Waals surface area contributed by atoms with E-state index in [0.717, 1.165) is 39.4 Å². The predicted octanol–water partition coefficient (Wildman–Crippen LogP) is 4.67. The lowest BCUT2D eigenvalue weighted by molar-refractivity contribution is -0.115. The highest BCUT2D eigenvalue weighted by Gasteiger charge is 2.32. The molecule has 1 saturated heterocycles. The van der Waals surface area contributed by atoms with Crippen molar-refractivity contribution in [1.29, 1.82) is 0 Å². The van der Waals surface area contributed by atoms with Gasteiger partial charge in [-0.3, -0.25) is 14.9 Å². The quantitative estimate of drug-likeness (QED) is 0.676. The molecule has 0 radical (unpaired) electrons. The standard InChI is InChI=1S/C20H16N2O2S/c1-12(13-7-3-2-4-8-13)17(18-19(23)22-20(24)25-18)15-11-21-16-10-6-5-9-14(15)16/h2-12,21H,1H3,(H,22,23,24). The summed E-state index contributed by atoms with van der Waals surface area (Å²) in [5.74, 6) is -0.349. The van der Waals surface area contributed by atoms with E-state index in [1.165, 1.54) is 0 Å². The van der Waals surface area contributed by atoms with Gasteiger partial charge in [0.25, 0.3) is 11.1 Å². The summed E-state index contributed by atoms with van der Waals surface area (Å²) in [7, 11) is 0. The van der Waals surface area contributed by atoms with Gasteiger partial charge in [-0.15, -0.1) is 0 Å². The van der Waals surface area contributed by atoms with Gasteiger partial charge in [0.15, 0.2) is 0 Å². The zero-order valence-electron chi connectivity index (χ0n) is 13.6. The molecular formula is C20H16N2O2S. The summed E-state index contributed by atoms with van der Waals surface area (Å²) in [6, 6.07) is 18.0. The van der Waals surface area contributed by atoms with E-state index in [4.69, 9.17) is 0 Å². The summed E-state index contributed by atoms with van der Waals surface area (Å²) in [6.45, 7) is 2.07. The molecule has 2 aromatic carbocycles.